The van der Waals surface area contributed by atoms with E-state index in [9.17, 15) is 9.18 Å². The monoisotopic (exact) mass is 401 g/mol. The predicted octanol–water partition coefficient (Wildman–Crippen LogP) is 2.21. The maximum atomic E-state index is 14.7. The number of hydrogen-bond acceptors (Lipinski definition) is 6. The number of aliphatic hydroxyl groups is 1. The van der Waals surface area contributed by atoms with E-state index in [-0.39, 0.29) is 13.2 Å². The first-order chi connectivity index (χ1) is 14.0. The van der Waals surface area contributed by atoms with Gasteiger partial charge in [0.1, 0.15) is 17.7 Å². The number of aliphatic imine (C=N–C) groups is 1. The number of carbonyl (C=O) groups excluding carboxylic acids is 1. The minimum atomic E-state index is -0.594. The number of nitrogens with zero attached hydrogens (tertiary/aromatic N) is 4. The fraction of sp³-hybridized carbons (Fsp3) is 0.350. The van der Waals surface area contributed by atoms with Crippen molar-refractivity contribution in [2.24, 2.45) is 4.99 Å². The zero-order chi connectivity index (χ0) is 20.8. The van der Waals surface area contributed by atoms with Crippen molar-refractivity contribution >= 4 is 23.9 Å². The highest BCUT2D eigenvalue weighted by molar-refractivity contribution is 5.90. The third-order valence-corrected chi connectivity index (χ3v) is 4.50. The molecule has 2 N–H and O–H groups in total. The number of nitrogens with one attached hydrogen (secondary N) is 1. The van der Waals surface area contributed by atoms with E-state index in [1.165, 1.54) is 11.0 Å². The van der Waals surface area contributed by atoms with E-state index in [4.69, 9.17) is 9.84 Å². The Morgan fingerprint density at radius 2 is 2.28 bits per heavy atom. The Hall–Kier alpha value is -3.20. The van der Waals surface area contributed by atoms with Gasteiger partial charge in [0.15, 0.2) is 0 Å². The summed E-state index contributed by atoms with van der Waals surface area (Å²) in [5, 5.41) is 12.3. The molecule has 1 aromatic carbocycles. The van der Waals surface area contributed by atoms with Crippen LogP contribution in [0.1, 0.15) is 0 Å². The van der Waals surface area contributed by atoms with Crippen LogP contribution in [0, 0.1) is 5.82 Å². The standard InChI is InChI=1S/C20H24FN5O3/c1-22-13-25(2)8-7-23-19-6-3-14(10-24-19)17-5-4-15(9-18(17)21)26-11-16(12-27)29-20(26)28/h3-6,9-10,13,16,27H,7-8,11-12H2,1-2H3,(H,23,24)/b22-13-. The molecule has 0 spiro atoms. The van der Waals surface area contributed by atoms with E-state index in [0.717, 1.165) is 6.54 Å². The second kappa shape index (κ2) is 9.33. The normalized spacial score (nSPS) is 16.3. The number of ether oxygens (including phenoxy) is 1. The Balaban J connectivity index is 1.65. The van der Waals surface area contributed by atoms with Crippen LogP contribution in [0.4, 0.5) is 20.7 Å². The number of halogens is 1. The molecular weight excluding hydrogens is 377 g/mol. The molecule has 1 unspecified atom stereocenters. The van der Waals surface area contributed by atoms with E-state index in [1.54, 1.807) is 43.8 Å². The quantitative estimate of drug-likeness (QED) is 0.521. The summed E-state index contributed by atoms with van der Waals surface area (Å²) in [5.74, 6) is 0.230. The van der Waals surface area contributed by atoms with Gasteiger partial charge >= 0.3 is 6.09 Å². The number of benzene rings is 1. The second-order valence-corrected chi connectivity index (χ2v) is 6.68. The number of aliphatic hydroxyl groups excluding tert-OH is 1. The van der Waals surface area contributed by atoms with E-state index in [2.05, 4.69) is 15.3 Å². The van der Waals surface area contributed by atoms with Gasteiger partial charge in [0.25, 0.3) is 0 Å². The highest BCUT2D eigenvalue weighted by Crippen LogP contribution is 2.29. The third-order valence-electron chi connectivity index (χ3n) is 4.50. The largest absolute Gasteiger partial charge is 0.441 e. The molecule has 8 nitrogen and oxygen atoms in total. The van der Waals surface area contributed by atoms with Gasteiger partial charge in [0, 0.05) is 44.5 Å². The van der Waals surface area contributed by atoms with Crippen LogP contribution in [-0.2, 0) is 4.74 Å². The van der Waals surface area contributed by atoms with Gasteiger partial charge in [-0.25, -0.2) is 14.2 Å². The van der Waals surface area contributed by atoms with Crippen LogP contribution in [0.15, 0.2) is 41.5 Å². The van der Waals surface area contributed by atoms with Crippen molar-refractivity contribution in [2.45, 2.75) is 6.10 Å². The van der Waals surface area contributed by atoms with Crippen molar-refractivity contribution in [1.29, 1.82) is 0 Å². The summed E-state index contributed by atoms with van der Waals surface area (Å²) in [6.07, 6.45) is 2.16. The molecule has 2 heterocycles. The average molecular weight is 401 g/mol. The predicted molar refractivity (Wildman–Crippen MR) is 110 cm³/mol. The van der Waals surface area contributed by atoms with Crippen molar-refractivity contribution in [1.82, 2.24) is 9.88 Å². The molecule has 0 saturated carbocycles. The van der Waals surface area contributed by atoms with Crippen LogP contribution in [0.3, 0.4) is 0 Å². The molecule has 0 bridgehead atoms. The summed E-state index contributed by atoms with van der Waals surface area (Å²) in [6.45, 7) is 1.39. The third kappa shape index (κ3) is 5.00. The summed E-state index contributed by atoms with van der Waals surface area (Å²) >= 11 is 0. The van der Waals surface area contributed by atoms with Gasteiger partial charge in [-0.3, -0.25) is 9.89 Å². The minimum Gasteiger partial charge on any atom is -0.441 e. The molecule has 1 aliphatic heterocycles. The van der Waals surface area contributed by atoms with E-state index < -0.39 is 18.0 Å². The number of aromatic nitrogens is 1. The van der Waals surface area contributed by atoms with Crippen molar-refractivity contribution in [2.75, 3.05) is 50.6 Å². The number of carbonyl (C=O) groups is 1. The highest BCUT2D eigenvalue weighted by atomic mass is 19.1. The topological polar surface area (TPSA) is 90.3 Å². The Kier molecular flexibility index (Phi) is 6.61. The SMILES string of the molecule is C/N=C\N(C)CCNc1ccc(-c2ccc(N3CC(CO)OC3=O)cc2F)cn1. The minimum absolute atomic E-state index is 0.190. The number of likely N-dealkylation sites (N-methyl/N-ethyl adjacent to an activating group) is 1. The molecule has 0 aliphatic carbocycles. The lowest BCUT2D eigenvalue weighted by Crippen LogP contribution is -2.25. The van der Waals surface area contributed by atoms with Crippen LogP contribution >= 0.6 is 0 Å². The summed E-state index contributed by atoms with van der Waals surface area (Å²) in [4.78, 5) is 23.4. The summed E-state index contributed by atoms with van der Waals surface area (Å²) < 4.78 is 19.7. The van der Waals surface area contributed by atoms with Gasteiger partial charge in [-0.2, -0.15) is 0 Å². The van der Waals surface area contributed by atoms with Gasteiger partial charge < -0.3 is 20.1 Å². The Morgan fingerprint density at radius 3 is 2.90 bits per heavy atom. The zero-order valence-electron chi connectivity index (χ0n) is 16.4. The van der Waals surface area contributed by atoms with Gasteiger partial charge in [0.05, 0.1) is 25.2 Å². The average Bonchev–Trinajstić information content (AvgIpc) is 3.10. The zero-order valence-corrected chi connectivity index (χ0v) is 16.4. The maximum absolute atomic E-state index is 14.7. The molecule has 154 valence electrons. The number of rotatable bonds is 8. The molecule has 2 aromatic rings. The lowest BCUT2D eigenvalue weighted by molar-refractivity contribution is 0.0963. The molecule has 1 saturated heterocycles. The number of amides is 1. The van der Waals surface area contributed by atoms with Gasteiger partial charge in [-0.05, 0) is 30.3 Å². The highest BCUT2D eigenvalue weighted by Gasteiger charge is 2.32. The van der Waals surface area contributed by atoms with Crippen LogP contribution in [-0.4, -0.2) is 73.9 Å². The molecule has 1 atom stereocenters. The molecule has 1 fully saturated rings. The van der Waals surface area contributed by atoms with Crippen LogP contribution in [0.25, 0.3) is 11.1 Å². The summed E-state index contributed by atoms with van der Waals surface area (Å²) in [6, 6.07) is 8.12. The van der Waals surface area contributed by atoms with Crippen molar-refractivity contribution in [3.05, 3.63) is 42.3 Å². The van der Waals surface area contributed by atoms with Crippen molar-refractivity contribution < 1.29 is 19.0 Å². The second-order valence-electron chi connectivity index (χ2n) is 6.68. The smallest absolute Gasteiger partial charge is 0.414 e. The van der Waals surface area contributed by atoms with Gasteiger partial charge in [-0.1, -0.05) is 0 Å². The number of pyridine rings is 1. The van der Waals surface area contributed by atoms with Crippen molar-refractivity contribution in [3.63, 3.8) is 0 Å². The van der Waals surface area contributed by atoms with Crippen LogP contribution < -0.4 is 10.2 Å². The maximum Gasteiger partial charge on any atom is 0.414 e. The van der Waals surface area contributed by atoms with E-state index in [1.807, 2.05) is 11.9 Å². The molecular formula is C20H24FN5O3. The summed E-state index contributed by atoms with van der Waals surface area (Å²) in [5.41, 5.74) is 1.41. The molecule has 29 heavy (non-hydrogen) atoms. The van der Waals surface area contributed by atoms with Crippen LogP contribution in [0.5, 0.6) is 0 Å². The Bertz CT molecular complexity index is 875. The fourth-order valence-corrected chi connectivity index (χ4v) is 3.01. The lowest BCUT2D eigenvalue weighted by Gasteiger charge is -2.15. The van der Waals surface area contributed by atoms with E-state index in [0.29, 0.717) is 29.2 Å². The molecule has 0 radical (unpaired) electrons. The van der Waals surface area contributed by atoms with E-state index >= 15 is 0 Å². The molecule has 1 amide bonds. The van der Waals surface area contributed by atoms with Crippen LogP contribution in [0.2, 0.25) is 0 Å². The fourth-order valence-electron chi connectivity index (χ4n) is 3.01. The number of anilines is 2. The first kappa shape index (κ1) is 20.5. The number of cyclic esters (lactones) is 1. The van der Waals surface area contributed by atoms with Gasteiger partial charge in [-0.15, -0.1) is 0 Å². The molecule has 1 aliphatic rings. The molecule has 9 heteroatoms. The van der Waals surface area contributed by atoms with Gasteiger partial charge in [0.2, 0.25) is 0 Å². The first-order valence-corrected chi connectivity index (χ1v) is 9.23. The molecule has 3 rings (SSSR count). The summed E-state index contributed by atoms with van der Waals surface area (Å²) in [7, 11) is 3.65. The first-order valence-electron chi connectivity index (χ1n) is 9.23. The number of hydrogen-bond donors (Lipinski definition) is 2. The Morgan fingerprint density at radius 1 is 1.45 bits per heavy atom. The Labute approximate surface area is 168 Å². The lowest BCUT2D eigenvalue weighted by atomic mass is 10.1. The molecule has 1 aromatic heterocycles. The van der Waals surface area contributed by atoms with Crippen molar-refractivity contribution in [3.8, 4) is 11.1 Å².